The molecule has 0 N–H and O–H groups in total. The van der Waals surface area contributed by atoms with E-state index in [1.54, 1.807) is 0 Å². The molecule has 0 spiro atoms. The van der Waals surface area contributed by atoms with Crippen LogP contribution >= 0.6 is 22.6 Å². The second kappa shape index (κ2) is 5.85. The van der Waals surface area contributed by atoms with Crippen LogP contribution in [0.15, 0.2) is 24.3 Å². The summed E-state index contributed by atoms with van der Waals surface area (Å²) in [7, 11) is 0. The average molecular weight is 306 g/mol. The molecule has 0 aliphatic heterocycles. The third-order valence-electron chi connectivity index (χ3n) is 1.54. The van der Waals surface area contributed by atoms with E-state index in [1.165, 1.54) is 12.5 Å². The number of carbonyl (C=O) groups excluding carboxylic acids is 1. The average Bonchev–Trinajstić information content (AvgIpc) is 2.18. The molecule has 0 unspecified atom stereocenters. The second-order valence-electron chi connectivity index (χ2n) is 2.68. The highest BCUT2D eigenvalue weighted by Gasteiger charge is 1.96. The first-order valence-electron chi connectivity index (χ1n) is 4.13. The van der Waals surface area contributed by atoms with Gasteiger partial charge in [-0.2, -0.15) is 0 Å². The zero-order valence-corrected chi connectivity index (χ0v) is 9.98. The molecule has 1 aromatic rings. The normalized spacial score (nSPS) is 9.57. The number of carbonyl (C=O) groups is 1. The van der Waals surface area contributed by atoms with Gasteiger partial charge in [0.25, 0.3) is 0 Å². The molecular weight excluding hydrogens is 295 g/mol. The largest absolute Gasteiger partial charge is 0.457 e. The molecule has 0 aliphatic carbocycles. The Hall–Kier alpha value is -0.780. The first-order chi connectivity index (χ1) is 6.72. The fourth-order valence-corrected chi connectivity index (χ4v) is 1.37. The Balaban J connectivity index is 2.46. The van der Waals surface area contributed by atoms with Crippen molar-refractivity contribution in [3.8, 4) is 5.75 Å². The molecule has 0 bridgehead atoms. The first kappa shape index (κ1) is 11.3. The van der Waals surface area contributed by atoms with Crippen LogP contribution in [0, 0.1) is 0 Å². The van der Waals surface area contributed by atoms with Gasteiger partial charge in [-0.05, 0) is 17.7 Å². The number of hydrogen-bond acceptors (Lipinski definition) is 3. The number of benzene rings is 1. The molecule has 0 aliphatic rings. The van der Waals surface area contributed by atoms with Gasteiger partial charge in [0, 0.05) is 11.4 Å². The number of rotatable bonds is 4. The van der Waals surface area contributed by atoms with Gasteiger partial charge in [0.1, 0.15) is 5.75 Å². The SMILES string of the molecule is CC(=O)OCOc1cccc(CI)c1. The number of alkyl halides is 1. The minimum atomic E-state index is -0.338. The van der Waals surface area contributed by atoms with E-state index in [4.69, 9.17) is 4.74 Å². The smallest absolute Gasteiger partial charge is 0.305 e. The van der Waals surface area contributed by atoms with Gasteiger partial charge < -0.3 is 9.47 Å². The predicted molar refractivity (Wildman–Crippen MR) is 61.4 cm³/mol. The van der Waals surface area contributed by atoms with Crippen molar-refractivity contribution in [1.82, 2.24) is 0 Å². The molecule has 1 rings (SSSR count). The lowest BCUT2D eigenvalue weighted by molar-refractivity contribution is -0.147. The van der Waals surface area contributed by atoms with Crippen LogP contribution in [-0.2, 0) is 14.0 Å². The lowest BCUT2D eigenvalue weighted by Crippen LogP contribution is -2.06. The third-order valence-corrected chi connectivity index (χ3v) is 2.42. The highest BCUT2D eigenvalue weighted by molar-refractivity contribution is 14.1. The van der Waals surface area contributed by atoms with E-state index in [0.717, 1.165) is 10.2 Å². The zero-order valence-electron chi connectivity index (χ0n) is 7.83. The van der Waals surface area contributed by atoms with Gasteiger partial charge in [-0.15, -0.1) is 0 Å². The molecule has 0 amide bonds. The van der Waals surface area contributed by atoms with Crippen LogP contribution in [0.4, 0.5) is 0 Å². The maximum atomic E-state index is 10.5. The molecule has 0 fully saturated rings. The lowest BCUT2D eigenvalue weighted by atomic mass is 10.2. The minimum Gasteiger partial charge on any atom is -0.457 e. The number of halogens is 1. The molecule has 0 saturated carbocycles. The van der Waals surface area contributed by atoms with Gasteiger partial charge in [-0.1, -0.05) is 34.7 Å². The van der Waals surface area contributed by atoms with Gasteiger partial charge in [-0.3, -0.25) is 4.79 Å². The van der Waals surface area contributed by atoms with Gasteiger partial charge in [-0.25, -0.2) is 0 Å². The molecule has 0 atom stereocenters. The van der Waals surface area contributed by atoms with Crippen LogP contribution in [0.2, 0.25) is 0 Å². The van der Waals surface area contributed by atoms with Crippen molar-refractivity contribution < 1.29 is 14.3 Å². The van der Waals surface area contributed by atoms with Gasteiger partial charge in [0.2, 0.25) is 6.79 Å². The molecule has 3 nitrogen and oxygen atoms in total. The second-order valence-corrected chi connectivity index (χ2v) is 3.44. The van der Waals surface area contributed by atoms with Crippen LogP contribution in [0.25, 0.3) is 0 Å². The molecule has 1 aromatic carbocycles. The first-order valence-corrected chi connectivity index (χ1v) is 5.66. The highest BCUT2D eigenvalue weighted by atomic mass is 127. The maximum Gasteiger partial charge on any atom is 0.305 e. The third kappa shape index (κ3) is 3.95. The summed E-state index contributed by atoms with van der Waals surface area (Å²) in [5, 5.41) is 0. The quantitative estimate of drug-likeness (QED) is 0.371. The Labute approximate surface area is 96.5 Å². The molecular formula is C10H11IO3. The van der Waals surface area contributed by atoms with Crippen LogP contribution in [0.3, 0.4) is 0 Å². The number of hydrogen-bond donors (Lipinski definition) is 0. The lowest BCUT2D eigenvalue weighted by Gasteiger charge is -2.06. The van der Waals surface area contributed by atoms with E-state index in [2.05, 4.69) is 27.3 Å². The Morgan fingerprint density at radius 1 is 1.50 bits per heavy atom. The van der Waals surface area contributed by atoms with E-state index in [9.17, 15) is 4.79 Å². The Bertz CT molecular complexity index is 312. The number of esters is 1. The van der Waals surface area contributed by atoms with Crippen LogP contribution in [-0.4, -0.2) is 12.8 Å². The maximum absolute atomic E-state index is 10.5. The van der Waals surface area contributed by atoms with Crippen LogP contribution in [0.1, 0.15) is 12.5 Å². The summed E-state index contributed by atoms with van der Waals surface area (Å²) in [6, 6.07) is 7.69. The van der Waals surface area contributed by atoms with E-state index in [-0.39, 0.29) is 12.8 Å². The molecule has 0 heterocycles. The highest BCUT2D eigenvalue weighted by Crippen LogP contribution is 2.15. The predicted octanol–water partition coefficient (Wildman–Crippen LogP) is 2.52. The molecule has 4 heteroatoms. The van der Waals surface area contributed by atoms with Crippen molar-refractivity contribution in [2.24, 2.45) is 0 Å². The van der Waals surface area contributed by atoms with E-state index in [0.29, 0.717) is 0 Å². The van der Waals surface area contributed by atoms with E-state index in [1.807, 2.05) is 24.3 Å². The van der Waals surface area contributed by atoms with E-state index >= 15 is 0 Å². The van der Waals surface area contributed by atoms with Crippen molar-refractivity contribution in [3.63, 3.8) is 0 Å². The summed E-state index contributed by atoms with van der Waals surface area (Å²) in [5.74, 6) is 0.385. The van der Waals surface area contributed by atoms with Crippen molar-refractivity contribution in [1.29, 1.82) is 0 Å². The van der Waals surface area contributed by atoms with Gasteiger partial charge in [0.05, 0.1) is 0 Å². The standard InChI is InChI=1S/C10H11IO3/c1-8(12)13-7-14-10-4-2-3-9(5-10)6-11/h2-5H,6-7H2,1H3. The molecule has 0 aromatic heterocycles. The fraction of sp³-hybridized carbons (Fsp3) is 0.300. The summed E-state index contributed by atoms with van der Waals surface area (Å²) in [6.45, 7) is 1.32. The van der Waals surface area contributed by atoms with Crippen molar-refractivity contribution in [2.45, 2.75) is 11.4 Å². The number of ether oxygens (including phenoxy) is 2. The summed E-state index contributed by atoms with van der Waals surface area (Å²) in [6.07, 6.45) is 0. The van der Waals surface area contributed by atoms with Gasteiger partial charge in [0.15, 0.2) is 0 Å². The zero-order chi connectivity index (χ0) is 10.4. The summed E-state index contributed by atoms with van der Waals surface area (Å²) >= 11 is 2.28. The van der Waals surface area contributed by atoms with Crippen molar-refractivity contribution in [2.75, 3.05) is 6.79 Å². The topological polar surface area (TPSA) is 35.5 Å². The van der Waals surface area contributed by atoms with Gasteiger partial charge >= 0.3 is 5.97 Å². The van der Waals surface area contributed by atoms with Crippen LogP contribution < -0.4 is 4.74 Å². The Morgan fingerprint density at radius 2 is 2.29 bits per heavy atom. The molecule has 14 heavy (non-hydrogen) atoms. The summed E-state index contributed by atoms with van der Waals surface area (Å²) in [4.78, 5) is 10.5. The Morgan fingerprint density at radius 3 is 2.93 bits per heavy atom. The van der Waals surface area contributed by atoms with Crippen molar-refractivity contribution in [3.05, 3.63) is 29.8 Å². The Kier molecular flexibility index (Phi) is 4.72. The van der Waals surface area contributed by atoms with E-state index < -0.39 is 0 Å². The minimum absolute atomic E-state index is 0.0277. The van der Waals surface area contributed by atoms with Crippen molar-refractivity contribution >= 4 is 28.6 Å². The molecule has 76 valence electrons. The monoisotopic (exact) mass is 306 g/mol. The summed E-state index contributed by atoms with van der Waals surface area (Å²) < 4.78 is 10.8. The van der Waals surface area contributed by atoms with Crippen LogP contribution in [0.5, 0.6) is 5.75 Å². The fourth-order valence-electron chi connectivity index (χ4n) is 0.899. The molecule has 0 radical (unpaired) electrons. The summed E-state index contributed by atoms with van der Waals surface area (Å²) in [5.41, 5.74) is 1.19. The molecule has 0 saturated heterocycles.